The largest absolute Gasteiger partial charge is 0.343 e. The van der Waals surface area contributed by atoms with Crippen molar-refractivity contribution in [1.82, 2.24) is 19.7 Å². The van der Waals surface area contributed by atoms with Crippen LogP contribution in [-0.4, -0.2) is 19.7 Å². The van der Waals surface area contributed by atoms with Gasteiger partial charge in [-0.05, 0) is 24.8 Å². The van der Waals surface area contributed by atoms with Gasteiger partial charge in [0.25, 0.3) is 0 Å². The predicted molar refractivity (Wildman–Crippen MR) is 64.8 cm³/mol. The summed E-state index contributed by atoms with van der Waals surface area (Å²) in [5.74, 6) is 0. The summed E-state index contributed by atoms with van der Waals surface area (Å²) >= 11 is 1.32. The molecule has 0 aromatic carbocycles. The molecule has 0 fully saturated rings. The Morgan fingerprint density at radius 1 is 1.59 bits per heavy atom. The van der Waals surface area contributed by atoms with Gasteiger partial charge in [0.05, 0.1) is 0 Å². The van der Waals surface area contributed by atoms with E-state index in [-0.39, 0.29) is 11.7 Å². The first-order valence-electron chi connectivity index (χ1n) is 5.09. The van der Waals surface area contributed by atoms with Crippen LogP contribution in [0.15, 0.2) is 33.3 Å². The number of rotatable bonds is 3. The zero-order valence-electron chi connectivity index (χ0n) is 9.54. The van der Waals surface area contributed by atoms with Gasteiger partial charge in [0.15, 0.2) is 5.16 Å². The molecule has 2 aromatic heterocycles. The average molecular weight is 251 g/mol. The number of aromatic nitrogens is 4. The Labute approximate surface area is 102 Å². The van der Waals surface area contributed by atoms with Gasteiger partial charge in [0, 0.05) is 24.8 Å². The van der Waals surface area contributed by atoms with E-state index in [9.17, 15) is 4.79 Å². The topological polar surface area (TPSA) is 89.6 Å². The lowest BCUT2D eigenvalue weighted by molar-refractivity contribution is 0.755. The van der Waals surface area contributed by atoms with Crippen LogP contribution in [0, 0.1) is 0 Å². The van der Waals surface area contributed by atoms with Crippen molar-refractivity contribution in [3.05, 3.63) is 34.4 Å². The molecular formula is C10H13N5OS. The Morgan fingerprint density at radius 2 is 2.35 bits per heavy atom. The van der Waals surface area contributed by atoms with Crippen LogP contribution in [0.4, 0.5) is 0 Å². The molecule has 0 amide bonds. The molecule has 90 valence electrons. The summed E-state index contributed by atoms with van der Waals surface area (Å²) < 4.78 is 1.43. The average Bonchev–Trinajstić information content (AvgIpc) is 2.61. The second kappa shape index (κ2) is 4.72. The number of hydrogen-bond acceptors (Lipinski definition) is 5. The Bertz CT molecular complexity index is 574. The Balaban J connectivity index is 2.36. The van der Waals surface area contributed by atoms with E-state index in [1.54, 1.807) is 13.2 Å². The first-order chi connectivity index (χ1) is 8.09. The summed E-state index contributed by atoms with van der Waals surface area (Å²) in [6.07, 6.45) is 1.69. The molecule has 0 saturated heterocycles. The monoisotopic (exact) mass is 251 g/mol. The minimum atomic E-state index is -0.245. The molecule has 0 radical (unpaired) electrons. The lowest BCUT2D eigenvalue weighted by Gasteiger charge is -2.09. The number of nitrogens with two attached hydrogens (primary N) is 1. The van der Waals surface area contributed by atoms with Crippen LogP contribution < -0.4 is 11.4 Å². The van der Waals surface area contributed by atoms with Crippen LogP contribution in [-0.2, 0) is 7.05 Å². The predicted octanol–water partition coefficient (Wildman–Crippen LogP) is 0.674. The molecule has 0 aliphatic heterocycles. The summed E-state index contributed by atoms with van der Waals surface area (Å²) in [4.78, 5) is 15.5. The fraction of sp³-hybridized carbons (Fsp3) is 0.300. The smallest absolute Gasteiger partial charge is 0.324 e. The molecule has 0 aliphatic rings. The van der Waals surface area contributed by atoms with E-state index in [0.29, 0.717) is 5.16 Å². The van der Waals surface area contributed by atoms with Crippen LogP contribution >= 0.6 is 11.8 Å². The third-order valence-corrected chi connectivity index (χ3v) is 3.40. The van der Waals surface area contributed by atoms with E-state index in [2.05, 4.69) is 15.2 Å². The van der Waals surface area contributed by atoms with Crippen LogP contribution in [0.1, 0.15) is 18.5 Å². The van der Waals surface area contributed by atoms with Crippen LogP contribution in [0.3, 0.4) is 0 Å². The maximum atomic E-state index is 11.2. The molecular weight excluding hydrogens is 238 g/mol. The molecule has 0 spiro atoms. The standard InChI is InChI=1S/C10H13N5OS/c1-6(11)7-4-3-5-12-8(7)17-10-14-13-9(16)15(10)2/h3-6H,11H2,1-2H3,(H,13,16)/t6-/m1/s1. The summed E-state index contributed by atoms with van der Waals surface area (Å²) in [5, 5.41) is 7.64. The van der Waals surface area contributed by atoms with Crippen LogP contribution in [0.5, 0.6) is 0 Å². The summed E-state index contributed by atoms with van der Waals surface area (Å²) in [7, 11) is 1.66. The van der Waals surface area contributed by atoms with Crippen molar-refractivity contribution in [2.24, 2.45) is 12.8 Å². The molecule has 2 heterocycles. The van der Waals surface area contributed by atoms with E-state index in [4.69, 9.17) is 5.73 Å². The number of pyridine rings is 1. The van der Waals surface area contributed by atoms with E-state index in [1.165, 1.54) is 16.3 Å². The van der Waals surface area contributed by atoms with Gasteiger partial charge in [0.2, 0.25) is 0 Å². The number of nitrogens with zero attached hydrogens (tertiary/aromatic N) is 3. The highest BCUT2D eigenvalue weighted by molar-refractivity contribution is 7.99. The Morgan fingerprint density at radius 3 is 2.94 bits per heavy atom. The number of H-pyrrole nitrogens is 1. The molecule has 7 heteroatoms. The number of nitrogens with one attached hydrogen (secondary N) is 1. The molecule has 0 aliphatic carbocycles. The van der Waals surface area contributed by atoms with Crippen LogP contribution in [0.2, 0.25) is 0 Å². The summed E-state index contributed by atoms with van der Waals surface area (Å²) in [6.45, 7) is 1.89. The van der Waals surface area contributed by atoms with Gasteiger partial charge < -0.3 is 5.73 Å². The number of aromatic amines is 1. The van der Waals surface area contributed by atoms with Crippen molar-refractivity contribution < 1.29 is 0 Å². The van der Waals surface area contributed by atoms with E-state index in [0.717, 1.165) is 10.6 Å². The second-order valence-corrected chi connectivity index (χ2v) is 4.61. The molecule has 1 atom stereocenters. The molecule has 0 unspecified atom stereocenters. The third-order valence-electron chi connectivity index (χ3n) is 2.32. The SMILES string of the molecule is C[C@@H](N)c1cccnc1Sc1n[nH]c(=O)n1C. The first kappa shape index (κ1) is 11.9. The lowest BCUT2D eigenvalue weighted by atomic mass is 10.2. The van der Waals surface area contributed by atoms with Crippen molar-refractivity contribution in [1.29, 1.82) is 0 Å². The van der Waals surface area contributed by atoms with Gasteiger partial charge >= 0.3 is 5.69 Å². The maximum absolute atomic E-state index is 11.2. The quantitative estimate of drug-likeness (QED) is 0.837. The normalized spacial score (nSPS) is 12.6. The highest BCUT2D eigenvalue weighted by Gasteiger charge is 2.12. The number of hydrogen-bond donors (Lipinski definition) is 2. The van der Waals surface area contributed by atoms with Gasteiger partial charge in [-0.15, -0.1) is 5.10 Å². The molecule has 2 aromatic rings. The first-order valence-corrected chi connectivity index (χ1v) is 5.91. The zero-order chi connectivity index (χ0) is 12.4. The minimum Gasteiger partial charge on any atom is -0.324 e. The van der Waals surface area contributed by atoms with Gasteiger partial charge in [-0.3, -0.25) is 4.57 Å². The fourth-order valence-corrected chi connectivity index (χ4v) is 2.31. The molecule has 0 saturated carbocycles. The highest BCUT2D eigenvalue weighted by atomic mass is 32.2. The minimum absolute atomic E-state index is 0.109. The van der Waals surface area contributed by atoms with Gasteiger partial charge in [-0.1, -0.05) is 6.07 Å². The zero-order valence-corrected chi connectivity index (χ0v) is 10.4. The van der Waals surface area contributed by atoms with Gasteiger partial charge in [-0.2, -0.15) is 0 Å². The maximum Gasteiger partial charge on any atom is 0.343 e. The molecule has 3 N–H and O–H groups in total. The molecule has 0 bridgehead atoms. The molecule has 6 nitrogen and oxygen atoms in total. The van der Waals surface area contributed by atoms with Crippen molar-refractivity contribution in [2.45, 2.75) is 23.1 Å². The van der Waals surface area contributed by atoms with E-state index >= 15 is 0 Å². The van der Waals surface area contributed by atoms with Crippen molar-refractivity contribution in [3.8, 4) is 0 Å². The third kappa shape index (κ3) is 2.40. The van der Waals surface area contributed by atoms with Crippen molar-refractivity contribution in [2.75, 3.05) is 0 Å². The van der Waals surface area contributed by atoms with Crippen molar-refractivity contribution in [3.63, 3.8) is 0 Å². The highest BCUT2D eigenvalue weighted by Crippen LogP contribution is 2.28. The van der Waals surface area contributed by atoms with Crippen LogP contribution in [0.25, 0.3) is 0 Å². The van der Waals surface area contributed by atoms with E-state index in [1.807, 2.05) is 19.1 Å². The Hall–Kier alpha value is -1.60. The van der Waals surface area contributed by atoms with Crippen molar-refractivity contribution >= 4 is 11.8 Å². The van der Waals surface area contributed by atoms with E-state index < -0.39 is 0 Å². The molecule has 17 heavy (non-hydrogen) atoms. The second-order valence-electron chi connectivity index (χ2n) is 3.66. The Kier molecular flexibility index (Phi) is 3.30. The fourth-order valence-electron chi connectivity index (χ4n) is 1.35. The summed E-state index contributed by atoms with van der Waals surface area (Å²) in [6, 6.07) is 3.65. The van der Waals surface area contributed by atoms with Gasteiger partial charge in [0.1, 0.15) is 5.03 Å². The lowest BCUT2D eigenvalue weighted by Crippen LogP contribution is -2.13. The molecule has 2 rings (SSSR count). The summed E-state index contributed by atoms with van der Waals surface area (Å²) in [5.41, 5.74) is 6.55. The van der Waals surface area contributed by atoms with Gasteiger partial charge in [-0.25, -0.2) is 14.9 Å².